The summed E-state index contributed by atoms with van der Waals surface area (Å²) >= 11 is 6.52. The predicted molar refractivity (Wildman–Crippen MR) is 116 cm³/mol. The van der Waals surface area contributed by atoms with Crippen molar-refractivity contribution >= 4 is 17.5 Å². The average molecular weight is 410 g/mol. The van der Waals surface area contributed by atoms with Crippen molar-refractivity contribution in [1.29, 1.82) is 0 Å². The molecule has 1 aliphatic heterocycles. The number of amides is 1. The number of β-amino-alcohol motifs (C(OH)–C–C–N with tert-alkyl or cyclic N) is 1. The normalized spacial score (nSPS) is 21.6. The molecule has 0 spiro atoms. The van der Waals surface area contributed by atoms with Gasteiger partial charge in [-0.25, -0.2) is 0 Å². The van der Waals surface area contributed by atoms with Crippen molar-refractivity contribution in [3.05, 3.63) is 34.7 Å². The summed E-state index contributed by atoms with van der Waals surface area (Å²) in [6, 6.07) is 0. The van der Waals surface area contributed by atoms with Crippen molar-refractivity contribution in [3.63, 3.8) is 0 Å². The van der Waals surface area contributed by atoms with E-state index in [0.29, 0.717) is 37.0 Å². The molecule has 0 saturated heterocycles. The van der Waals surface area contributed by atoms with Crippen LogP contribution < -0.4 is 10.6 Å². The zero-order valence-corrected chi connectivity index (χ0v) is 18.1. The summed E-state index contributed by atoms with van der Waals surface area (Å²) in [4.78, 5) is 14.7. The van der Waals surface area contributed by atoms with E-state index in [9.17, 15) is 9.90 Å². The first kappa shape index (κ1) is 23.0. The third-order valence-corrected chi connectivity index (χ3v) is 5.75. The van der Waals surface area contributed by atoms with Crippen LogP contribution in [0.1, 0.15) is 58.3 Å². The van der Waals surface area contributed by atoms with Gasteiger partial charge in [-0.3, -0.25) is 4.79 Å². The van der Waals surface area contributed by atoms with Gasteiger partial charge in [0.05, 0.1) is 11.8 Å². The van der Waals surface area contributed by atoms with E-state index in [1.807, 2.05) is 30.3 Å². The first-order valence-corrected chi connectivity index (χ1v) is 11.0. The number of halogens is 1. The Morgan fingerprint density at radius 3 is 2.71 bits per heavy atom. The Labute approximate surface area is 174 Å². The summed E-state index contributed by atoms with van der Waals surface area (Å²) in [5.74, 6) is 0.554. The Kier molecular flexibility index (Phi) is 10.1. The molecule has 1 fully saturated rings. The fourth-order valence-electron chi connectivity index (χ4n) is 3.95. The van der Waals surface area contributed by atoms with E-state index >= 15 is 0 Å². The lowest BCUT2D eigenvalue weighted by molar-refractivity contribution is -0.121. The van der Waals surface area contributed by atoms with Gasteiger partial charge in [-0.15, -0.1) is 0 Å². The molecular weight excluding hydrogens is 374 g/mol. The lowest BCUT2D eigenvalue weighted by atomic mass is 9.96. The molecule has 0 aromatic heterocycles. The van der Waals surface area contributed by atoms with Crippen LogP contribution in [0.4, 0.5) is 0 Å². The van der Waals surface area contributed by atoms with Crippen LogP contribution in [0.2, 0.25) is 0 Å². The van der Waals surface area contributed by atoms with Gasteiger partial charge in [0.25, 0.3) is 0 Å². The summed E-state index contributed by atoms with van der Waals surface area (Å²) in [6.45, 7) is 3.67. The largest absolute Gasteiger partial charge is 0.390 e. The van der Waals surface area contributed by atoms with E-state index in [2.05, 4.69) is 17.6 Å². The van der Waals surface area contributed by atoms with Gasteiger partial charge in [-0.1, -0.05) is 50.3 Å². The summed E-state index contributed by atoms with van der Waals surface area (Å²) in [5, 5.41) is 16.8. The zero-order chi connectivity index (χ0) is 20.4. The SMILES string of the molecule is CCC=CC(Cl)=C1CN(CC(O)CNC)C=C1NC(=O)CC1CCCCCC1. The summed E-state index contributed by atoms with van der Waals surface area (Å²) in [7, 11) is 1.82. The number of nitrogens with one attached hydrogen (secondary N) is 2. The van der Waals surface area contributed by atoms with Gasteiger partial charge in [-0.05, 0) is 38.3 Å². The Balaban J connectivity index is 2.05. The number of carbonyl (C=O) groups is 1. The van der Waals surface area contributed by atoms with Crippen molar-refractivity contribution in [3.8, 4) is 0 Å². The number of carbonyl (C=O) groups excluding carboxylic acids is 1. The Morgan fingerprint density at radius 1 is 1.36 bits per heavy atom. The van der Waals surface area contributed by atoms with Crippen LogP contribution in [0.5, 0.6) is 0 Å². The number of aliphatic hydroxyl groups excluding tert-OH is 1. The Bertz CT molecular complexity index is 593. The average Bonchev–Trinajstić information content (AvgIpc) is 2.86. The molecule has 2 rings (SSSR count). The third-order valence-electron chi connectivity index (χ3n) is 5.39. The maximum atomic E-state index is 12.7. The highest BCUT2D eigenvalue weighted by Gasteiger charge is 2.25. The monoisotopic (exact) mass is 409 g/mol. The van der Waals surface area contributed by atoms with Crippen molar-refractivity contribution in [2.75, 3.05) is 26.7 Å². The molecule has 1 aliphatic carbocycles. The number of likely N-dealkylation sites (N-methyl/N-ethyl adjacent to an activating group) is 1. The summed E-state index contributed by atoms with van der Waals surface area (Å²) < 4.78 is 0. The van der Waals surface area contributed by atoms with Crippen LogP contribution in [-0.4, -0.2) is 48.7 Å². The molecule has 0 radical (unpaired) electrons. The van der Waals surface area contributed by atoms with Gasteiger partial charge in [0.1, 0.15) is 0 Å². The molecule has 0 aromatic rings. The van der Waals surface area contributed by atoms with Gasteiger partial charge in [0.15, 0.2) is 0 Å². The van der Waals surface area contributed by atoms with Crippen molar-refractivity contribution in [1.82, 2.24) is 15.5 Å². The van der Waals surface area contributed by atoms with E-state index in [1.54, 1.807) is 0 Å². The molecule has 1 atom stereocenters. The second-order valence-corrected chi connectivity index (χ2v) is 8.34. The van der Waals surface area contributed by atoms with Crippen molar-refractivity contribution < 1.29 is 9.90 Å². The second kappa shape index (κ2) is 12.3. The minimum absolute atomic E-state index is 0.0669. The topological polar surface area (TPSA) is 64.6 Å². The lowest BCUT2D eigenvalue weighted by Gasteiger charge is -2.19. The molecular formula is C22H36ClN3O2. The maximum Gasteiger partial charge on any atom is 0.224 e. The summed E-state index contributed by atoms with van der Waals surface area (Å²) in [6.07, 6.45) is 14.2. The van der Waals surface area contributed by atoms with Crippen LogP contribution in [0.15, 0.2) is 34.7 Å². The van der Waals surface area contributed by atoms with E-state index in [-0.39, 0.29) is 5.91 Å². The molecule has 1 unspecified atom stereocenters. The first-order chi connectivity index (χ1) is 13.5. The highest BCUT2D eigenvalue weighted by molar-refractivity contribution is 6.32. The standard InChI is InChI=1S/C22H36ClN3O2/c1-3-4-11-20(23)19-15-26(14-18(27)13-24-2)16-21(19)25-22(28)12-17-9-7-5-6-8-10-17/h4,11,16-18,24,27H,3,5-10,12-15H2,1-2H3,(H,25,28). The minimum Gasteiger partial charge on any atom is -0.390 e. The van der Waals surface area contributed by atoms with Crippen LogP contribution in [0, 0.1) is 5.92 Å². The second-order valence-electron chi connectivity index (χ2n) is 7.93. The van der Waals surface area contributed by atoms with E-state index in [1.165, 1.54) is 25.7 Å². The highest BCUT2D eigenvalue weighted by Crippen LogP contribution is 2.28. The van der Waals surface area contributed by atoms with Gasteiger partial charge in [0, 0.05) is 42.9 Å². The molecule has 1 heterocycles. The molecule has 5 nitrogen and oxygen atoms in total. The van der Waals surface area contributed by atoms with Crippen LogP contribution in [0.25, 0.3) is 0 Å². The molecule has 28 heavy (non-hydrogen) atoms. The smallest absolute Gasteiger partial charge is 0.224 e. The van der Waals surface area contributed by atoms with Gasteiger partial charge in [0.2, 0.25) is 5.91 Å². The molecule has 0 bridgehead atoms. The predicted octanol–water partition coefficient (Wildman–Crippen LogP) is 3.66. The molecule has 6 heteroatoms. The van der Waals surface area contributed by atoms with Crippen molar-refractivity contribution in [2.45, 2.75) is 64.4 Å². The minimum atomic E-state index is -0.478. The summed E-state index contributed by atoms with van der Waals surface area (Å²) in [5.41, 5.74) is 1.68. The van der Waals surface area contributed by atoms with E-state index < -0.39 is 6.10 Å². The molecule has 3 N–H and O–H groups in total. The third kappa shape index (κ3) is 7.61. The van der Waals surface area contributed by atoms with E-state index in [4.69, 9.17) is 11.6 Å². The fraction of sp³-hybridized carbons (Fsp3) is 0.682. The number of rotatable bonds is 9. The van der Waals surface area contributed by atoms with E-state index in [0.717, 1.165) is 30.5 Å². The van der Waals surface area contributed by atoms with Crippen LogP contribution in [0.3, 0.4) is 0 Å². The molecule has 1 amide bonds. The van der Waals surface area contributed by atoms with Gasteiger partial charge >= 0.3 is 0 Å². The lowest BCUT2D eigenvalue weighted by Crippen LogP contribution is -2.34. The number of hydrogen-bond acceptors (Lipinski definition) is 4. The molecule has 158 valence electrons. The maximum absolute atomic E-state index is 12.7. The number of aliphatic hydroxyl groups is 1. The Hall–Kier alpha value is -1.30. The Morgan fingerprint density at radius 2 is 2.07 bits per heavy atom. The van der Waals surface area contributed by atoms with Crippen LogP contribution >= 0.6 is 11.6 Å². The van der Waals surface area contributed by atoms with Gasteiger partial charge in [-0.2, -0.15) is 0 Å². The highest BCUT2D eigenvalue weighted by atomic mass is 35.5. The quantitative estimate of drug-likeness (QED) is 0.508. The van der Waals surface area contributed by atoms with Crippen molar-refractivity contribution in [2.24, 2.45) is 5.92 Å². The zero-order valence-electron chi connectivity index (χ0n) is 17.3. The molecule has 2 aliphatic rings. The number of allylic oxidation sites excluding steroid dienone is 3. The number of hydrogen-bond donors (Lipinski definition) is 3. The number of nitrogens with zero attached hydrogens (tertiary/aromatic N) is 1. The van der Waals surface area contributed by atoms with Crippen LogP contribution in [-0.2, 0) is 4.79 Å². The molecule has 0 aromatic carbocycles. The molecule has 1 saturated carbocycles. The van der Waals surface area contributed by atoms with Gasteiger partial charge < -0.3 is 20.6 Å². The fourth-order valence-corrected chi connectivity index (χ4v) is 4.20. The first-order valence-electron chi connectivity index (χ1n) is 10.7.